The number of nitroso groups, excluding NO2 is 1. The summed E-state index contributed by atoms with van der Waals surface area (Å²) in [4.78, 5) is 24.8. The molecule has 0 aromatic heterocycles. The lowest BCUT2D eigenvalue weighted by Gasteiger charge is -2.18. The SMILES string of the molecule is CCN(CC)C(=O)c1ccc2c(N=O)c(O)ccc2c1. The predicted molar refractivity (Wildman–Crippen MR) is 78.3 cm³/mol. The van der Waals surface area contributed by atoms with Crippen molar-refractivity contribution in [1.82, 2.24) is 4.90 Å². The summed E-state index contributed by atoms with van der Waals surface area (Å²) in [5.41, 5.74) is 0.563. The molecule has 0 saturated carbocycles. The van der Waals surface area contributed by atoms with Gasteiger partial charge in [0, 0.05) is 24.0 Å². The second-order valence-corrected chi connectivity index (χ2v) is 4.44. The van der Waals surface area contributed by atoms with Crippen molar-refractivity contribution < 1.29 is 9.90 Å². The fraction of sp³-hybridized carbons (Fsp3) is 0.267. The van der Waals surface area contributed by atoms with Gasteiger partial charge < -0.3 is 10.0 Å². The maximum atomic E-state index is 12.3. The number of benzene rings is 2. The zero-order valence-electron chi connectivity index (χ0n) is 11.5. The van der Waals surface area contributed by atoms with Crippen molar-refractivity contribution in [3.63, 3.8) is 0 Å². The van der Waals surface area contributed by atoms with E-state index >= 15 is 0 Å². The highest BCUT2D eigenvalue weighted by Crippen LogP contribution is 2.35. The second kappa shape index (κ2) is 5.69. The van der Waals surface area contributed by atoms with Gasteiger partial charge in [-0.05, 0) is 42.6 Å². The van der Waals surface area contributed by atoms with Crippen LogP contribution in [0.2, 0.25) is 0 Å². The first kappa shape index (κ1) is 14.0. The number of hydrogen-bond acceptors (Lipinski definition) is 4. The van der Waals surface area contributed by atoms with Crippen LogP contribution in [0.15, 0.2) is 35.5 Å². The minimum Gasteiger partial charge on any atom is -0.506 e. The van der Waals surface area contributed by atoms with Crippen molar-refractivity contribution in [2.75, 3.05) is 13.1 Å². The minimum atomic E-state index is -0.157. The number of hydrogen-bond donors (Lipinski definition) is 1. The highest BCUT2D eigenvalue weighted by molar-refractivity contribution is 6.02. The Morgan fingerprint density at radius 3 is 2.50 bits per heavy atom. The first-order chi connectivity index (χ1) is 9.62. The van der Waals surface area contributed by atoms with Crippen LogP contribution in [0.4, 0.5) is 5.69 Å². The van der Waals surface area contributed by atoms with Crippen LogP contribution < -0.4 is 0 Å². The fourth-order valence-corrected chi connectivity index (χ4v) is 2.22. The molecule has 0 radical (unpaired) electrons. The lowest BCUT2D eigenvalue weighted by atomic mass is 10.0. The summed E-state index contributed by atoms with van der Waals surface area (Å²) in [5, 5.41) is 13.7. The Morgan fingerprint density at radius 2 is 1.90 bits per heavy atom. The van der Waals surface area contributed by atoms with Gasteiger partial charge in [-0.3, -0.25) is 4.79 Å². The van der Waals surface area contributed by atoms with E-state index in [1.54, 1.807) is 29.2 Å². The van der Waals surface area contributed by atoms with Gasteiger partial charge in [0.15, 0.2) is 5.69 Å². The molecule has 1 amide bonds. The van der Waals surface area contributed by atoms with Crippen LogP contribution in [0.5, 0.6) is 5.75 Å². The number of aromatic hydroxyl groups is 1. The molecule has 0 bridgehead atoms. The summed E-state index contributed by atoms with van der Waals surface area (Å²) in [7, 11) is 0. The van der Waals surface area contributed by atoms with Crippen LogP contribution in [0, 0.1) is 4.91 Å². The molecule has 20 heavy (non-hydrogen) atoms. The second-order valence-electron chi connectivity index (χ2n) is 4.44. The number of phenolic OH excluding ortho intramolecular Hbond substituents is 1. The Morgan fingerprint density at radius 1 is 1.20 bits per heavy atom. The number of fused-ring (bicyclic) bond motifs is 1. The number of phenols is 1. The third kappa shape index (κ3) is 2.34. The maximum absolute atomic E-state index is 12.3. The zero-order chi connectivity index (χ0) is 14.7. The fourth-order valence-electron chi connectivity index (χ4n) is 2.22. The average molecular weight is 272 g/mol. The molecule has 0 spiro atoms. The van der Waals surface area contributed by atoms with E-state index in [9.17, 15) is 14.8 Å². The van der Waals surface area contributed by atoms with Crippen LogP contribution in [0.25, 0.3) is 10.8 Å². The summed E-state index contributed by atoms with van der Waals surface area (Å²) < 4.78 is 0. The molecular formula is C15H16N2O3. The standard InChI is InChI=1S/C15H16N2O3/c1-3-17(4-2)15(19)11-5-7-12-10(9-11)6-8-13(18)14(12)16-20/h5-9,18H,3-4H2,1-2H3. The molecule has 104 valence electrons. The summed E-state index contributed by atoms with van der Waals surface area (Å²) in [6.45, 7) is 5.14. The Hall–Kier alpha value is -2.43. The van der Waals surface area contributed by atoms with Crippen LogP contribution in [-0.2, 0) is 0 Å². The smallest absolute Gasteiger partial charge is 0.253 e. The van der Waals surface area contributed by atoms with Crippen LogP contribution in [-0.4, -0.2) is 29.0 Å². The minimum absolute atomic E-state index is 0.00402. The lowest BCUT2D eigenvalue weighted by Crippen LogP contribution is -2.30. The molecule has 0 aliphatic carbocycles. The normalized spacial score (nSPS) is 10.5. The third-order valence-electron chi connectivity index (χ3n) is 3.36. The Labute approximate surface area is 116 Å². The Kier molecular flexibility index (Phi) is 3.98. The highest BCUT2D eigenvalue weighted by Gasteiger charge is 2.14. The number of nitrogens with zero attached hydrogens (tertiary/aromatic N) is 2. The summed E-state index contributed by atoms with van der Waals surface area (Å²) in [6, 6.07) is 8.08. The van der Waals surface area contributed by atoms with Gasteiger partial charge in [-0.15, -0.1) is 4.91 Å². The number of rotatable bonds is 4. The number of carbonyl (C=O) groups is 1. The third-order valence-corrected chi connectivity index (χ3v) is 3.36. The van der Waals surface area contributed by atoms with E-state index in [1.807, 2.05) is 13.8 Å². The molecule has 5 nitrogen and oxygen atoms in total. The monoisotopic (exact) mass is 272 g/mol. The molecule has 1 N–H and O–H groups in total. The average Bonchev–Trinajstić information content (AvgIpc) is 2.47. The first-order valence-corrected chi connectivity index (χ1v) is 6.50. The van der Waals surface area contributed by atoms with Gasteiger partial charge in [0.25, 0.3) is 5.91 Å². The molecule has 0 aliphatic heterocycles. The van der Waals surface area contributed by atoms with E-state index in [2.05, 4.69) is 5.18 Å². The molecule has 2 rings (SSSR count). The molecule has 0 atom stereocenters. The quantitative estimate of drug-likeness (QED) is 0.867. The zero-order valence-corrected chi connectivity index (χ0v) is 11.5. The van der Waals surface area contributed by atoms with Gasteiger partial charge in [-0.1, -0.05) is 12.1 Å². The van der Waals surface area contributed by atoms with Gasteiger partial charge in [-0.2, -0.15) is 0 Å². The Balaban J connectivity index is 2.52. The van der Waals surface area contributed by atoms with Crippen molar-refractivity contribution in [3.05, 3.63) is 40.8 Å². The molecule has 5 heteroatoms. The molecule has 2 aromatic rings. The first-order valence-electron chi connectivity index (χ1n) is 6.50. The summed E-state index contributed by atoms with van der Waals surface area (Å²) in [6.07, 6.45) is 0. The summed E-state index contributed by atoms with van der Waals surface area (Å²) >= 11 is 0. The van der Waals surface area contributed by atoms with Gasteiger partial charge in [-0.25, -0.2) is 0 Å². The van der Waals surface area contributed by atoms with Crippen LogP contribution in [0.1, 0.15) is 24.2 Å². The predicted octanol–water partition coefficient (Wildman–Crippen LogP) is 3.43. The Bertz CT molecular complexity index is 663. The van der Waals surface area contributed by atoms with Gasteiger partial charge in [0.2, 0.25) is 0 Å². The van der Waals surface area contributed by atoms with E-state index in [0.29, 0.717) is 29.4 Å². The maximum Gasteiger partial charge on any atom is 0.253 e. The molecular weight excluding hydrogens is 256 g/mol. The van der Waals surface area contributed by atoms with Crippen molar-refractivity contribution in [3.8, 4) is 5.75 Å². The van der Waals surface area contributed by atoms with Crippen molar-refractivity contribution in [1.29, 1.82) is 0 Å². The molecule has 0 aliphatic rings. The van der Waals surface area contributed by atoms with Crippen LogP contribution in [0.3, 0.4) is 0 Å². The van der Waals surface area contributed by atoms with Crippen molar-refractivity contribution >= 4 is 22.4 Å². The molecule has 0 heterocycles. The van der Waals surface area contributed by atoms with E-state index in [4.69, 9.17) is 0 Å². The van der Waals surface area contributed by atoms with E-state index in [-0.39, 0.29) is 17.3 Å². The largest absolute Gasteiger partial charge is 0.506 e. The van der Waals surface area contributed by atoms with Gasteiger partial charge in [0.1, 0.15) is 5.75 Å². The van der Waals surface area contributed by atoms with Gasteiger partial charge in [0.05, 0.1) is 0 Å². The van der Waals surface area contributed by atoms with Crippen LogP contribution >= 0.6 is 0 Å². The van der Waals surface area contributed by atoms with E-state index < -0.39 is 0 Å². The molecule has 0 unspecified atom stereocenters. The van der Waals surface area contributed by atoms with Gasteiger partial charge >= 0.3 is 0 Å². The lowest BCUT2D eigenvalue weighted by molar-refractivity contribution is 0.0773. The van der Waals surface area contributed by atoms with Crippen molar-refractivity contribution in [2.45, 2.75) is 13.8 Å². The van der Waals surface area contributed by atoms with E-state index in [1.165, 1.54) is 6.07 Å². The molecule has 0 fully saturated rings. The number of carbonyl (C=O) groups excluding carboxylic acids is 1. The van der Waals surface area contributed by atoms with E-state index in [0.717, 1.165) is 0 Å². The number of amides is 1. The van der Waals surface area contributed by atoms with Crippen molar-refractivity contribution in [2.24, 2.45) is 5.18 Å². The molecule has 0 saturated heterocycles. The topological polar surface area (TPSA) is 70.0 Å². The summed E-state index contributed by atoms with van der Waals surface area (Å²) in [5.74, 6) is -0.207. The molecule has 2 aromatic carbocycles. The highest BCUT2D eigenvalue weighted by atomic mass is 16.3.